The van der Waals surface area contributed by atoms with Gasteiger partial charge in [0.05, 0.1) is 6.54 Å². The number of rotatable bonds is 4. The van der Waals surface area contributed by atoms with Crippen LogP contribution in [0, 0.1) is 12.7 Å². The topological polar surface area (TPSA) is 48.4 Å². The van der Waals surface area contributed by atoms with Gasteiger partial charge in [0.25, 0.3) is 0 Å². The summed E-state index contributed by atoms with van der Waals surface area (Å²) in [6.07, 6.45) is 0. The number of hydrogen-bond acceptors (Lipinski definition) is 3. The summed E-state index contributed by atoms with van der Waals surface area (Å²) < 4.78 is 25.0. The van der Waals surface area contributed by atoms with E-state index in [9.17, 15) is 4.39 Å². The molecule has 3 rings (SSSR count). The van der Waals surface area contributed by atoms with Crippen LogP contribution in [0.3, 0.4) is 0 Å². The van der Waals surface area contributed by atoms with Gasteiger partial charge in [-0.05, 0) is 30.7 Å². The Hall–Kier alpha value is -2.33. The predicted octanol–water partition coefficient (Wildman–Crippen LogP) is 3.92. The molecule has 0 bridgehead atoms. The molecule has 0 spiro atoms. The summed E-state index contributed by atoms with van der Waals surface area (Å²) in [5, 5.41) is 0.950. The Morgan fingerprint density at radius 1 is 1.19 bits per heavy atom. The van der Waals surface area contributed by atoms with Crippen molar-refractivity contribution in [1.29, 1.82) is 0 Å². The zero-order chi connectivity index (χ0) is 14.8. The van der Waals surface area contributed by atoms with E-state index in [1.807, 2.05) is 31.2 Å². The summed E-state index contributed by atoms with van der Waals surface area (Å²) >= 11 is 0. The maximum atomic E-state index is 13.7. The average Bonchev–Trinajstić information content (AvgIpc) is 2.86. The van der Waals surface area contributed by atoms with Gasteiger partial charge < -0.3 is 14.9 Å². The van der Waals surface area contributed by atoms with Crippen molar-refractivity contribution in [3.05, 3.63) is 65.2 Å². The van der Waals surface area contributed by atoms with Gasteiger partial charge in [0.15, 0.2) is 11.6 Å². The molecule has 0 saturated heterocycles. The molecule has 21 heavy (non-hydrogen) atoms. The first-order valence-electron chi connectivity index (χ1n) is 6.77. The molecule has 1 aromatic heterocycles. The highest BCUT2D eigenvalue weighted by Gasteiger charge is 2.14. The first-order valence-corrected chi connectivity index (χ1v) is 6.77. The van der Waals surface area contributed by atoms with E-state index < -0.39 is 0 Å². The SMILES string of the molecule is Cc1ccc(F)c(OCc2c(CN)oc3ccccc23)c1. The van der Waals surface area contributed by atoms with E-state index in [4.69, 9.17) is 14.9 Å². The van der Waals surface area contributed by atoms with Crippen molar-refractivity contribution in [3.63, 3.8) is 0 Å². The van der Waals surface area contributed by atoms with E-state index in [1.165, 1.54) is 6.07 Å². The van der Waals surface area contributed by atoms with Crippen LogP contribution >= 0.6 is 0 Å². The lowest BCUT2D eigenvalue weighted by Gasteiger charge is -2.08. The van der Waals surface area contributed by atoms with Crippen molar-refractivity contribution in [2.24, 2.45) is 5.73 Å². The Labute approximate surface area is 122 Å². The number of nitrogens with two attached hydrogens (primary N) is 1. The summed E-state index contributed by atoms with van der Waals surface area (Å²) in [7, 11) is 0. The Balaban J connectivity index is 1.93. The number of hydrogen-bond donors (Lipinski definition) is 1. The molecule has 2 N–H and O–H groups in total. The zero-order valence-corrected chi connectivity index (χ0v) is 11.7. The molecule has 3 aromatic rings. The Morgan fingerprint density at radius 3 is 2.81 bits per heavy atom. The quantitative estimate of drug-likeness (QED) is 0.790. The van der Waals surface area contributed by atoms with E-state index >= 15 is 0 Å². The molecular formula is C17H16FNO2. The fourth-order valence-electron chi connectivity index (χ4n) is 2.34. The van der Waals surface area contributed by atoms with Crippen molar-refractivity contribution in [1.82, 2.24) is 0 Å². The fraction of sp³-hybridized carbons (Fsp3) is 0.176. The van der Waals surface area contributed by atoms with Crippen molar-refractivity contribution in [3.8, 4) is 5.75 Å². The minimum absolute atomic E-state index is 0.226. The lowest BCUT2D eigenvalue weighted by molar-refractivity contribution is 0.288. The maximum absolute atomic E-state index is 13.7. The van der Waals surface area contributed by atoms with Gasteiger partial charge in [0, 0.05) is 10.9 Å². The molecule has 0 saturated carbocycles. The number of aryl methyl sites for hydroxylation is 1. The molecule has 0 aliphatic heterocycles. The second-order valence-electron chi connectivity index (χ2n) is 4.93. The highest BCUT2D eigenvalue weighted by molar-refractivity contribution is 5.82. The van der Waals surface area contributed by atoms with Gasteiger partial charge in [0.2, 0.25) is 0 Å². The number of benzene rings is 2. The second kappa shape index (κ2) is 5.58. The van der Waals surface area contributed by atoms with Crippen LogP contribution in [0.4, 0.5) is 4.39 Å². The minimum Gasteiger partial charge on any atom is -0.486 e. The van der Waals surface area contributed by atoms with E-state index in [-0.39, 0.29) is 24.7 Å². The van der Waals surface area contributed by atoms with E-state index in [0.29, 0.717) is 5.76 Å². The summed E-state index contributed by atoms with van der Waals surface area (Å²) in [5.74, 6) is 0.537. The predicted molar refractivity (Wildman–Crippen MR) is 79.6 cm³/mol. The monoisotopic (exact) mass is 285 g/mol. The van der Waals surface area contributed by atoms with Gasteiger partial charge >= 0.3 is 0 Å². The van der Waals surface area contributed by atoms with Crippen LogP contribution in [0.25, 0.3) is 11.0 Å². The number of para-hydroxylation sites is 1. The average molecular weight is 285 g/mol. The van der Waals surface area contributed by atoms with Crippen LogP contribution in [0.1, 0.15) is 16.9 Å². The lowest BCUT2D eigenvalue weighted by Crippen LogP contribution is -2.03. The summed E-state index contributed by atoms with van der Waals surface area (Å²) in [4.78, 5) is 0. The molecule has 0 aliphatic carbocycles. The van der Waals surface area contributed by atoms with E-state index in [1.54, 1.807) is 12.1 Å². The molecule has 0 amide bonds. The second-order valence-corrected chi connectivity index (χ2v) is 4.93. The van der Waals surface area contributed by atoms with Crippen molar-refractivity contribution >= 4 is 11.0 Å². The summed E-state index contributed by atoms with van der Waals surface area (Å²) in [5.41, 5.74) is 8.30. The van der Waals surface area contributed by atoms with E-state index in [0.717, 1.165) is 22.1 Å². The Bertz CT molecular complexity index is 780. The number of fused-ring (bicyclic) bond motifs is 1. The molecule has 0 unspecified atom stereocenters. The third-order valence-corrected chi connectivity index (χ3v) is 3.43. The van der Waals surface area contributed by atoms with Gasteiger partial charge in [0.1, 0.15) is 18.0 Å². The maximum Gasteiger partial charge on any atom is 0.165 e. The third-order valence-electron chi connectivity index (χ3n) is 3.43. The summed E-state index contributed by atoms with van der Waals surface area (Å²) in [6.45, 7) is 2.40. The highest BCUT2D eigenvalue weighted by atomic mass is 19.1. The smallest absolute Gasteiger partial charge is 0.165 e. The third kappa shape index (κ3) is 2.62. The minimum atomic E-state index is -0.373. The summed E-state index contributed by atoms with van der Waals surface area (Å²) in [6, 6.07) is 12.4. The molecule has 2 aromatic carbocycles. The standard InChI is InChI=1S/C17H16FNO2/c1-11-6-7-14(18)16(8-11)20-10-13-12-4-2-3-5-15(12)21-17(13)9-19/h2-8H,9-10,19H2,1H3. The Kier molecular flexibility index (Phi) is 3.62. The number of furan rings is 1. The van der Waals surface area contributed by atoms with Gasteiger partial charge in [-0.25, -0.2) is 4.39 Å². The normalized spacial score (nSPS) is 11.0. The van der Waals surface area contributed by atoms with Crippen LogP contribution < -0.4 is 10.5 Å². The van der Waals surface area contributed by atoms with Crippen LogP contribution in [0.15, 0.2) is 46.9 Å². The Morgan fingerprint density at radius 2 is 2.00 bits per heavy atom. The molecule has 1 heterocycles. The van der Waals surface area contributed by atoms with Gasteiger partial charge in [-0.3, -0.25) is 0 Å². The highest BCUT2D eigenvalue weighted by Crippen LogP contribution is 2.28. The number of halogens is 1. The molecule has 4 heteroatoms. The van der Waals surface area contributed by atoms with Crippen LogP contribution in [-0.4, -0.2) is 0 Å². The molecular weight excluding hydrogens is 269 g/mol. The zero-order valence-electron chi connectivity index (χ0n) is 11.7. The lowest BCUT2D eigenvalue weighted by atomic mass is 10.1. The van der Waals surface area contributed by atoms with Crippen molar-refractivity contribution < 1.29 is 13.5 Å². The van der Waals surface area contributed by atoms with Crippen LogP contribution in [0.5, 0.6) is 5.75 Å². The van der Waals surface area contributed by atoms with Crippen LogP contribution in [0.2, 0.25) is 0 Å². The fourth-order valence-corrected chi connectivity index (χ4v) is 2.34. The van der Waals surface area contributed by atoms with E-state index in [2.05, 4.69) is 0 Å². The molecule has 0 fully saturated rings. The first-order chi connectivity index (χ1) is 10.2. The molecule has 0 aliphatic rings. The van der Waals surface area contributed by atoms with Gasteiger partial charge in [-0.1, -0.05) is 24.3 Å². The molecule has 108 valence electrons. The molecule has 0 atom stereocenters. The first kappa shape index (κ1) is 13.6. The van der Waals surface area contributed by atoms with Gasteiger partial charge in [-0.15, -0.1) is 0 Å². The number of ether oxygens (including phenoxy) is 1. The molecule has 3 nitrogen and oxygen atoms in total. The largest absolute Gasteiger partial charge is 0.486 e. The van der Waals surface area contributed by atoms with Crippen molar-refractivity contribution in [2.45, 2.75) is 20.1 Å². The van der Waals surface area contributed by atoms with Gasteiger partial charge in [-0.2, -0.15) is 0 Å². The molecule has 0 radical (unpaired) electrons. The van der Waals surface area contributed by atoms with Crippen LogP contribution in [-0.2, 0) is 13.2 Å². The van der Waals surface area contributed by atoms with Crippen molar-refractivity contribution in [2.75, 3.05) is 0 Å².